The van der Waals surface area contributed by atoms with Crippen molar-refractivity contribution in [3.05, 3.63) is 71.8 Å². The van der Waals surface area contributed by atoms with Crippen LogP contribution < -0.4 is 15.4 Å². The first-order valence-corrected chi connectivity index (χ1v) is 23.9. The number of alkyl halides is 2. The van der Waals surface area contributed by atoms with E-state index in [1.54, 1.807) is 0 Å². The van der Waals surface area contributed by atoms with Crippen molar-refractivity contribution in [1.82, 2.24) is 25.0 Å². The molecule has 366 valence electrons. The first-order valence-electron chi connectivity index (χ1n) is 23.9. The van der Waals surface area contributed by atoms with Crippen LogP contribution in [-0.2, 0) is 28.5 Å². The highest BCUT2D eigenvalue weighted by Crippen LogP contribution is 2.41. The number of carbonyl (C=O) groups excluding carboxylic acids is 2. The third-order valence-electron chi connectivity index (χ3n) is 12.7. The fourth-order valence-corrected chi connectivity index (χ4v) is 8.82. The molecular weight excluding hydrogens is 847 g/mol. The zero-order valence-electron chi connectivity index (χ0n) is 40.0. The average molecular weight is 923 g/mol. The number of benzene rings is 2. The van der Waals surface area contributed by atoms with Crippen molar-refractivity contribution in [3.8, 4) is 18.1 Å². The highest BCUT2D eigenvalue weighted by molar-refractivity contribution is 5.53. The van der Waals surface area contributed by atoms with Crippen molar-refractivity contribution < 1.29 is 42.1 Å². The van der Waals surface area contributed by atoms with Crippen molar-refractivity contribution in [3.63, 3.8) is 0 Å². The van der Waals surface area contributed by atoms with Crippen molar-refractivity contribution >= 4 is 18.3 Å². The van der Waals surface area contributed by atoms with Crippen LogP contribution in [0.1, 0.15) is 120 Å². The summed E-state index contributed by atoms with van der Waals surface area (Å²) < 4.78 is 54.0. The van der Waals surface area contributed by atoms with Gasteiger partial charge in [0.05, 0.1) is 46.2 Å². The molecule has 2 saturated carbocycles. The molecule has 3 aliphatic rings. The second kappa shape index (κ2) is 30.2. The molecule has 4 atom stereocenters. The average Bonchev–Trinajstić information content (AvgIpc) is 3.87. The summed E-state index contributed by atoms with van der Waals surface area (Å²) >= 11 is 0. The molecule has 0 radical (unpaired) electrons. The van der Waals surface area contributed by atoms with Gasteiger partial charge in [0, 0.05) is 74.5 Å². The van der Waals surface area contributed by atoms with Crippen molar-refractivity contribution in [2.45, 2.75) is 134 Å². The number of anilines is 1. The molecule has 4 unspecified atom stereocenters. The third kappa shape index (κ3) is 18.8. The molecule has 13 nitrogen and oxygen atoms in total. The maximum Gasteiger partial charge on any atom is 0.248 e. The summed E-state index contributed by atoms with van der Waals surface area (Å²) in [7, 11) is 4.01. The van der Waals surface area contributed by atoms with Crippen LogP contribution in [0.5, 0.6) is 5.75 Å². The minimum Gasteiger partial charge on any atom is -0.490 e. The molecule has 1 saturated heterocycles. The van der Waals surface area contributed by atoms with Crippen molar-refractivity contribution in [2.24, 2.45) is 5.92 Å². The van der Waals surface area contributed by atoms with Gasteiger partial charge in [0.15, 0.2) is 0 Å². The minimum absolute atomic E-state index is 0.111. The van der Waals surface area contributed by atoms with E-state index in [0.29, 0.717) is 102 Å². The summed E-state index contributed by atoms with van der Waals surface area (Å²) in [5.41, 5.74) is 2.47. The molecular formula is C51H76F2N6O7. The maximum atomic E-state index is 12.4. The Morgan fingerprint density at radius 1 is 0.879 bits per heavy atom. The molecule has 2 aromatic carbocycles. The molecule has 2 heterocycles. The van der Waals surface area contributed by atoms with Crippen LogP contribution in [0.25, 0.3) is 0 Å². The van der Waals surface area contributed by atoms with Gasteiger partial charge >= 0.3 is 0 Å². The predicted molar refractivity (Wildman–Crippen MR) is 254 cm³/mol. The molecule has 2 N–H and O–H groups in total. The van der Waals surface area contributed by atoms with Gasteiger partial charge in [-0.2, -0.15) is 0 Å². The molecule has 66 heavy (non-hydrogen) atoms. The van der Waals surface area contributed by atoms with Gasteiger partial charge in [-0.05, 0) is 109 Å². The lowest BCUT2D eigenvalue weighted by molar-refractivity contribution is -0.115. The van der Waals surface area contributed by atoms with E-state index in [-0.39, 0.29) is 24.9 Å². The SMILES string of the molecule is C#CCOCCOCCOCCOCCC=O.CNc1ccc(OC2CC(c3nnc(C)n3C(C)CC3CCC(C)N3CCC(NC)c3ccccc3)C2)cc1.O=CC1CCC(F)(F)CC1. The Bertz CT molecular complexity index is 1810. The molecule has 2 aliphatic carbocycles. The number of nitrogens with one attached hydrogen (secondary N) is 2. The molecule has 6 rings (SSSR count). The number of halogens is 2. The molecule has 1 aliphatic heterocycles. The summed E-state index contributed by atoms with van der Waals surface area (Å²) in [5.74, 6) is 3.28. The maximum absolute atomic E-state index is 12.4. The molecule has 15 heteroatoms. The first kappa shape index (κ1) is 54.3. The smallest absolute Gasteiger partial charge is 0.248 e. The molecule has 0 bridgehead atoms. The molecule has 3 aromatic rings. The number of aryl methyl sites for hydroxylation is 1. The van der Waals surface area contributed by atoms with E-state index in [2.05, 4.69) is 107 Å². The van der Waals surface area contributed by atoms with Crippen molar-refractivity contribution in [2.75, 3.05) is 78.8 Å². The Kier molecular flexibility index (Phi) is 24.8. The number of hydrogen-bond donors (Lipinski definition) is 2. The van der Waals surface area contributed by atoms with E-state index in [4.69, 9.17) is 30.1 Å². The molecule has 3 fully saturated rings. The summed E-state index contributed by atoms with van der Waals surface area (Å²) in [4.78, 5) is 22.8. The van der Waals surface area contributed by atoms with Crippen molar-refractivity contribution in [1.29, 1.82) is 0 Å². The Morgan fingerprint density at radius 2 is 1.52 bits per heavy atom. The fraction of sp³-hybridized carbons (Fsp3) is 0.647. The topological polar surface area (TPSA) is 138 Å². The van der Waals surface area contributed by atoms with Gasteiger partial charge in [-0.25, -0.2) is 8.78 Å². The number of nitrogens with zero attached hydrogens (tertiary/aromatic N) is 4. The standard InChI is InChI=1S/C32H46N6O.C12H20O5.C7H10F2O/c1-22-11-14-28(37(22)18-17-31(34-5)25-9-7-6-8-10-25)19-23(2)38-24(3)35-36-32(38)26-20-30(21-26)39-29-15-12-27(33-4)13-16-29;1-2-5-14-7-9-16-11-12-17-10-8-15-6-3-4-13;8-7(9)3-1-6(5-10)2-4-7/h6-10,12-13,15-16,22-23,26,28,30-31,33-34H,11,14,17-21H2,1-5H3;1,4H,3,5-12H2;5-6H,1-4H2. The van der Waals surface area contributed by atoms with Crippen LogP contribution in [-0.4, -0.2) is 130 Å². The minimum atomic E-state index is -2.50. The first-order chi connectivity index (χ1) is 32.0. The number of likely N-dealkylation sites (tertiary alicyclic amines) is 1. The van der Waals surface area contributed by atoms with Crippen LogP contribution in [0.15, 0.2) is 54.6 Å². The second-order valence-corrected chi connectivity index (χ2v) is 17.5. The quantitative estimate of drug-likeness (QED) is 0.0455. The third-order valence-corrected chi connectivity index (χ3v) is 12.7. The van der Waals surface area contributed by atoms with E-state index >= 15 is 0 Å². The number of rotatable bonds is 26. The Balaban J connectivity index is 0.000000289. The van der Waals surface area contributed by atoms with E-state index in [1.807, 2.05) is 19.2 Å². The largest absolute Gasteiger partial charge is 0.490 e. The number of carbonyl (C=O) groups is 2. The van der Waals surface area contributed by atoms with Gasteiger partial charge in [0.25, 0.3) is 0 Å². The van der Waals surface area contributed by atoms with Crippen LogP contribution in [0.4, 0.5) is 14.5 Å². The summed E-state index contributed by atoms with van der Waals surface area (Å²) in [6, 6.07) is 21.0. The zero-order chi connectivity index (χ0) is 47.6. The number of aldehydes is 2. The molecule has 1 aromatic heterocycles. The molecule has 0 amide bonds. The summed E-state index contributed by atoms with van der Waals surface area (Å²) in [6.45, 7) is 11.8. The number of hydrogen-bond acceptors (Lipinski definition) is 12. The predicted octanol–water partition coefficient (Wildman–Crippen LogP) is 8.39. The van der Waals surface area contributed by atoms with Crippen LogP contribution in [0, 0.1) is 25.2 Å². The highest BCUT2D eigenvalue weighted by Gasteiger charge is 2.38. The van der Waals surface area contributed by atoms with E-state index in [1.165, 1.54) is 18.4 Å². The van der Waals surface area contributed by atoms with E-state index in [0.717, 1.165) is 67.9 Å². The Hall–Kier alpha value is -4.30. The number of ether oxygens (including phenoxy) is 5. The van der Waals surface area contributed by atoms with Crippen LogP contribution in [0.2, 0.25) is 0 Å². The lowest BCUT2D eigenvalue weighted by atomic mass is 9.81. The van der Waals surface area contributed by atoms with E-state index in [9.17, 15) is 18.4 Å². The Labute approximate surface area is 392 Å². The van der Waals surface area contributed by atoms with Crippen LogP contribution in [0.3, 0.4) is 0 Å². The van der Waals surface area contributed by atoms with Gasteiger partial charge < -0.3 is 48.5 Å². The Morgan fingerprint density at radius 3 is 2.11 bits per heavy atom. The fourth-order valence-electron chi connectivity index (χ4n) is 8.82. The molecule has 0 spiro atoms. The van der Waals surface area contributed by atoms with Gasteiger partial charge in [-0.3, -0.25) is 4.90 Å². The normalized spacial score (nSPS) is 21.2. The highest BCUT2D eigenvalue weighted by atomic mass is 19.3. The van der Waals surface area contributed by atoms with Gasteiger partial charge in [-0.15, -0.1) is 16.6 Å². The zero-order valence-corrected chi connectivity index (χ0v) is 40.0. The van der Waals surface area contributed by atoms with Gasteiger partial charge in [0.1, 0.15) is 42.7 Å². The monoisotopic (exact) mass is 923 g/mol. The van der Waals surface area contributed by atoms with Gasteiger partial charge in [-0.1, -0.05) is 36.3 Å². The van der Waals surface area contributed by atoms with Crippen LogP contribution >= 0.6 is 0 Å². The number of aromatic nitrogens is 3. The van der Waals surface area contributed by atoms with E-state index < -0.39 is 5.92 Å². The van der Waals surface area contributed by atoms with Gasteiger partial charge in [0.2, 0.25) is 5.92 Å². The lowest BCUT2D eigenvalue weighted by Crippen LogP contribution is -2.38. The lowest BCUT2D eigenvalue weighted by Gasteiger charge is -2.36. The summed E-state index contributed by atoms with van der Waals surface area (Å²) in [6.07, 6.45) is 14.6. The second-order valence-electron chi connectivity index (χ2n) is 17.5. The number of terminal acetylenes is 1. The summed E-state index contributed by atoms with van der Waals surface area (Å²) in [5, 5.41) is 15.9.